The smallest absolute Gasteiger partial charge is 0.250 e. The van der Waals surface area contributed by atoms with Gasteiger partial charge >= 0.3 is 0 Å². The lowest BCUT2D eigenvalue weighted by atomic mass is 10.0. The lowest BCUT2D eigenvalue weighted by molar-refractivity contribution is -0.140. The van der Waals surface area contributed by atoms with Gasteiger partial charge < -0.3 is 4.90 Å². The Morgan fingerprint density at radius 2 is 2.14 bits per heavy atom. The molecule has 0 N–H and O–H groups in total. The first kappa shape index (κ1) is 14.6. The Morgan fingerprint density at radius 1 is 1.32 bits per heavy atom. The number of aryl methyl sites for hydroxylation is 1. The second-order valence-electron chi connectivity index (χ2n) is 6.14. The summed E-state index contributed by atoms with van der Waals surface area (Å²) in [7, 11) is 0. The third-order valence-corrected chi connectivity index (χ3v) is 4.14. The number of carbonyl (C=O) groups excluding carboxylic acids is 1. The molecule has 22 heavy (non-hydrogen) atoms. The van der Waals surface area contributed by atoms with E-state index in [4.69, 9.17) is 0 Å². The Hall–Kier alpha value is -2.31. The van der Waals surface area contributed by atoms with Crippen LogP contribution in [0.5, 0.6) is 0 Å². The molecular formula is C15H20N6O. The summed E-state index contributed by atoms with van der Waals surface area (Å²) in [6.07, 6.45) is 8.39. The number of nitrogens with zero attached hydrogens (tertiary/aromatic N) is 6. The number of rotatable bonds is 3. The molecule has 1 amide bonds. The van der Waals surface area contributed by atoms with E-state index in [2.05, 4.69) is 20.1 Å². The van der Waals surface area contributed by atoms with Crippen LogP contribution in [-0.4, -0.2) is 42.1 Å². The van der Waals surface area contributed by atoms with Crippen LogP contribution in [0, 0.1) is 6.92 Å². The van der Waals surface area contributed by atoms with Crippen LogP contribution in [0.15, 0.2) is 25.0 Å². The number of hydrogen-bond donors (Lipinski definition) is 0. The standard InChI is InChI=1S/C15H20N6O/c1-11-7-16-8-12(19-11)13-5-4-6-20(13)14(22)15(2,3)21-10-17-9-18-21/h7-10,13H,4-6H2,1-3H3/t13-/m1/s1. The molecule has 3 rings (SSSR count). The highest BCUT2D eigenvalue weighted by Crippen LogP contribution is 2.33. The highest BCUT2D eigenvalue weighted by Gasteiger charge is 2.40. The maximum atomic E-state index is 13.0. The largest absolute Gasteiger partial charge is 0.332 e. The predicted molar refractivity (Wildman–Crippen MR) is 79.8 cm³/mol. The average molecular weight is 300 g/mol. The summed E-state index contributed by atoms with van der Waals surface area (Å²) in [6, 6.07) is -0.0114. The zero-order chi connectivity index (χ0) is 15.7. The minimum atomic E-state index is -0.768. The molecule has 7 nitrogen and oxygen atoms in total. The fourth-order valence-corrected chi connectivity index (χ4v) is 2.91. The van der Waals surface area contributed by atoms with Crippen LogP contribution < -0.4 is 0 Å². The number of amides is 1. The van der Waals surface area contributed by atoms with Crippen molar-refractivity contribution in [3.63, 3.8) is 0 Å². The SMILES string of the molecule is Cc1cncc([C@H]2CCCN2C(=O)C(C)(C)n2cncn2)n1. The zero-order valence-corrected chi connectivity index (χ0v) is 13.1. The summed E-state index contributed by atoms with van der Waals surface area (Å²) in [4.78, 5) is 27.6. The molecule has 3 heterocycles. The number of hydrogen-bond acceptors (Lipinski definition) is 5. The molecule has 0 unspecified atom stereocenters. The summed E-state index contributed by atoms with van der Waals surface area (Å²) in [5.41, 5.74) is 0.962. The van der Waals surface area contributed by atoms with E-state index < -0.39 is 5.54 Å². The highest BCUT2D eigenvalue weighted by molar-refractivity contribution is 5.84. The minimum absolute atomic E-state index is 0.0114. The van der Waals surface area contributed by atoms with Gasteiger partial charge in [-0.05, 0) is 33.6 Å². The molecule has 1 aliphatic rings. The summed E-state index contributed by atoms with van der Waals surface area (Å²) in [5, 5.41) is 4.12. The van der Waals surface area contributed by atoms with E-state index in [1.54, 1.807) is 23.4 Å². The first-order chi connectivity index (χ1) is 10.5. The van der Waals surface area contributed by atoms with Gasteiger partial charge in [-0.2, -0.15) is 5.10 Å². The second-order valence-corrected chi connectivity index (χ2v) is 6.14. The summed E-state index contributed by atoms with van der Waals surface area (Å²) in [6.45, 7) is 6.37. The van der Waals surface area contributed by atoms with Crippen LogP contribution in [0.3, 0.4) is 0 Å². The first-order valence-electron chi connectivity index (χ1n) is 7.45. The van der Waals surface area contributed by atoms with Gasteiger partial charge in [0.25, 0.3) is 5.91 Å². The maximum absolute atomic E-state index is 13.0. The van der Waals surface area contributed by atoms with E-state index in [1.807, 2.05) is 25.7 Å². The molecule has 116 valence electrons. The maximum Gasteiger partial charge on any atom is 0.250 e. The molecule has 1 fully saturated rings. The second kappa shape index (κ2) is 5.47. The lowest BCUT2D eigenvalue weighted by Crippen LogP contribution is -2.47. The molecule has 0 radical (unpaired) electrons. The van der Waals surface area contributed by atoms with Crippen molar-refractivity contribution >= 4 is 5.91 Å². The van der Waals surface area contributed by atoms with Gasteiger partial charge in [0.05, 0.1) is 23.6 Å². The molecule has 2 aromatic heterocycles. The van der Waals surface area contributed by atoms with Crippen LogP contribution in [0.2, 0.25) is 0 Å². The highest BCUT2D eigenvalue weighted by atomic mass is 16.2. The Kier molecular flexibility index (Phi) is 3.64. The Bertz CT molecular complexity index is 666. The third-order valence-electron chi connectivity index (χ3n) is 4.14. The molecule has 1 aliphatic heterocycles. The average Bonchev–Trinajstić information content (AvgIpc) is 3.18. The fraction of sp³-hybridized carbons (Fsp3) is 0.533. The van der Waals surface area contributed by atoms with E-state index in [0.29, 0.717) is 0 Å². The molecule has 0 spiro atoms. The Morgan fingerprint density at radius 3 is 2.82 bits per heavy atom. The molecule has 0 saturated carbocycles. The summed E-state index contributed by atoms with van der Waals surface area (Å²) >= 11 is 0. The molecule has 2 aromatic rings. The first-order valence-corrected chi connectivity index (χ1v) is 7.45. The van der Waals surface area contributed by atoms with Gasteiger partial charge in [-0.1, -0.05) is 0 Å². The van der Waals surface area contributed by atoms with Crippen molar-refractivity contribution in [1.29, 1.82) is 0 Å². The van der Waals surface area contributed by atoms with Crippen molar-refractivity contribution in [1.82, 2.24) is 29.6 Å². The molecule has 0 aliphatic carbocycles. The number of aromatic nitrogens is 5. The van der Waals surface area contributed by atoms with Crippen LogP contribution in [-0.2, 0) is 10.3 Å². The van der Waals surface area contributed by atoms with Gasteiger partial charge in [-0.25, -0.2) is 9.67 Å². The van der Waals surface area contributed by atoms with E-state index in [1.165, 1.54) is 6.33 Å². The predicted octanol–water partition coefficient (Wildman–Crippen LogP) is 1.48. The monoisotopic (exact) mass is 300 g/mol. The van der Waals surface area contributed by atoms with Gasteiger partial charge in [0, 0.05) is 12.7 Å². The molecule has 1 saturated heterocycles. The Balaban J connectivity index is 1.88. The third kappa shape index (κ3) is 2.47. The van der Waals surface area contributed by atoms with Gasteiger partial charge in [0.2, 0.25) is 0 Å². The fourth-order valence-electron chi connectivity index (χ4n) is 2.91. The topological polar surface area (TPSA) is 76.8 Å². The number of carbonyl (C=O) groups is 1. The van der Waals surface area contributed by atoms with Crippen molar-refractivity contribution < 1.29 is 4.79 Å². The quantitative estimate of drug-likeness (QED) is 0.858. The van der Waals surface area contributed by atoms with Gasteiger partial charge in [0.1, 0.15) is 18.2 Å². The Labute approximate surface area is 129 Å². The molecule has 1 atom stereocenters. The van der Waals surface area contributed by atoms with Crippen molar-refractivity contribution in [2.24, 2.45) is 0 Å². The van der Waals surface area contributed by atoms with Crippen molar-refractivity contribution in [3.05, 3.63) is 36.4 Å². The van der Waals surface area contributed by atoms with E-state index in [-0.39, 0.29) is 11.9 Å². The van der Waals surface area contributed by atoms with Crippen LogP contribution in [0.1, 0.15) is 44.1 Å². The molecular weight excluding hydrogens is 280 g/mol. The summed E-state index contributed by atoms with van der Waals surface area (Å²) < 4.78 is 1.60. The van der Waals surface area contributed by atoms with Crippen molar-refractivity contribution in [2.75, 3.05) is 6.54 Å². The van der Waals surface area contributed by atoms with Crippen molar-refractivity contribution in [3.8, 4) is 0 Å². The minimum Gasteiger partial charge on any atom is -0.332 e. The van der Waals surface area contributed by atoms with Crippen molar-refractivity contribution in [2.45, 2.75) is 45.2 Å². The van der Waals surface area contributed by atoms with E-state index >= 15 is 0 Å². The zero-order valence-electron chi connectivity index (χ0n) is 13.1. The van der Waals surface area contributed by atoms with Gasteiger partial charge in [0.15, 0.2) is 0 Å². The van der Waals surface area contributed by atoms with E-state index in [0.717, 1.165) is 30.8 Å². The van der Waals surface area contributed by atoms with Crippen LogP contribution >= 0.6 is 0 Å². The van der Waals surface area contributed by atoms with Gasteiger partial charge in [-0.15, -0.1) is 0 Å². The normalized spacial score (nSPS) is 18.7. The lowest BCUT2D eigenvalue weighted by Gasteiger charge is -2.32. The molecule has 0 aromatic carbocycles. The molecule has 0 bridgehead atoms. The van der Waals surface area contributed by atoms with Gasteiger partial charge in [-0.3, -0.25) is 14.8 Å². The summed E-state index contributed by atoms with van der Waals surface area (Å²) in [5.74, 6) is 0.0313. The van der Waals surface area contributed by atoms with Crippen LogP contribution in [0.4, 0.5) is 0 Å². The van der Waals surface area contributed by atoms with Crippen LogP contribution in [0.25, 0.3) is 0 Å². The molecule has 7 heteroatoms. The van der Waals surface area contributed by atoms with E-state index in [9.17, 15) is 4.79 Å². The number of likely N-dealkylation sites (tertiary alicyclic amines) is 1.